The third kappa shape index (κ3) is 3.64. The van der Waals surface area contributed by atoms with E-state index in [0.717, 1.165) is 44.3 Å². The van der Waals surface area contributed by atoms with Crippen LogP contribution in [0.4, 0.5) is 10.1 Å². The fourth-order valence-corrected chi connectivity index (χ4v) is 3.35. The number of carbonyl (C=O) groups excluding carboxylic acids is 1. The van der Waals surface area contributed by atoms with Crippen molar-refractivity contribution in [3.63, 3.8) is 0 Å². The van der Waals surface area contributed by atoms with Crippen LogP contribution < -0.4 is 10.6 Å². The maximum atomic E-state index is 13.5. The molecule has 0 atom stereocenters. The molecule has 0 saturated carbocycles. The average Bonchev–Trinajstić information content (AvgIpc) is 2.46. The molecule has 0 aliphatic carbocycles. The summed E-state index contributed by atoms with van der Waals surface area (Å²) in [6, 6.07) is 3.08. The van der Waals surface area contributed by atoms with Crippen molar-refractivity contribution < 1.29 is 9.18 Å². The number of nitrogens with one attached hydrogen (secondary N) is 2. The number of piperidine rings is 1. The quantitative estimate of drug-likeness (QED) is 0.855. The zero-order chi connectivity index (χ0) is 15.5. The number of amides is 1. The van der Waals surface area contributed by atoms with E-state index in [0.29, 0.717) is 10.2 Å². The lowest BCUT2D eigenvalue weighted by atomic mass is 9.74. The van der Waals surface area contributed by atoms with Gasteiger partial charge in [0, 0.05) is 5.69 Å². The molecule has 5 heteroatoms. The van der Waals surface area contributed by atoms with E-state index in [9.17, 15) is 9.18 Å². The Morgan fingerprint density at radius 2 is 2.10 bits per heavy atom. The van der Waals surface area contributed by atoms with Gasteiger partial charge in [-0.1, -0.05) is 13.3 Å². The highest BCUT2D eigenvalue weighted by Crippen LogP contribution is 2.36. The smallest absolute Gasteiger partial charge is 0.230 e. The summed E-state index contributed by atoms with van der Waals surface area (Å²) in [5, 5.41) is 6.32. The van der Waals surface area contributed by atoms with Crippen LogP contribution in [0.25, 0.3) is 0 Å². The Labute approximate surface area is 133 Å². The lowest BCUT2D eigenvalue weighted by molar-refractivity contribution is -0.127. The minimum atomic E-state index is -0.310. The summed E-state index contributed by atoms with van der Waals surface area (Å²) in [5.74, 6) is -0.247. The van der Waals surface area contributed by atoms with Gasteiger partial charge in [0.15, 0.2) is 0 Å². The summed E-state index contributed by atoms with van der Waals surface area (Å²) in [4.78, 5) is 12.8. The highest BCUT2D eigenvalue weighted by molar-refractivity contribution is 9.10. The average molecular weight is 357 g/mol. The van der Waals surface area contributed by atoms with Crippen molar-refractivity contribution in [3.8, 4) is 0 Å². The Morgan fingerprint density at radius 1 is 1.43 bits per heavy atom. The molecule has 1 heterocycles. The van der Waals surface area contributed by atoms with E-state index in [1.165, 1.54) is 6.07 Å². The highest BCUT2D eigenvalue weighted by Gasteiger charge is 2.38. The van der Waals surface area contributed by atoms with Crippen molar-refractivity contribution in [2.45, 2.75) is 39.5 Å². The topological polar surface area (TPSA) is 41.1 Å². The van der Waals surface area contributed by atoms with Gasteiger partial charge in [0.25, 0.3) is 0 Å². The van der Waals surface area contributed by atoms with Crippen molar-refractivity contribution in [2.75, 3.05) is 18.4 Å². The van der Waals surface area contributed by atoms with Crippen molar-refractivity contribution in [1.82, 2.24) is 5.32 Å². The molecule has 0 spiro atoms. The standard InChI is InChI=1S/C16H22BrFN2O/c1-3-4-16(5-7-19-8-6-16)15(21)20-14-10-12(17)13(18)9-11(14)2/h9-10,19H,3-8H2,1-2H3,(H,20,21). The van der Waals surface area contributed by atoms with Gasteiger partial charge in [-0.25, -0.2) is 4.39 Å². The molecule has 0 aromatic heterocycles. The van der Waals surface area contributed by atoms with Gasteiger partial charge < -0.3 is 10.6 Å². The van der Waals surface area contributed by atoms with Gasteiger partial charge in [0.1, 0.15) is 5.82 Å². The van der Waals surface area contributed by atoms with Gasteiger partial charge in [0.05, 0.1) is 9.89 Å². The molecular formula is C16H22BrFN2O. The minimum Gasteiger partial charge on any atom is -0.325 e. The Hall–Kier alpha value is -0.940. The first kappa shape index (κ1) is 16.4. The molecular weight excluding hydrogens is 335 g/mol. The predicted octanol–water partition coefficient (Wildman–Crippen LogP) is 4.01. The van der Waals surface area contributed by atoms with E-state index < -0.39 is 0 Å². The van der Waals surface area contributed by atoms with Crippen LogP contribution in [0, 0.1) is 18.2 Å². The van der Waals surface area contributed by atoms with Gasteiger partial charge in [-0.3, -0.25) is 4.79 Å². The normalized spacial score (nSPS) is 17.5. The zero-order valence-electron chi connectivity index (χ0n) is 12.6. The molecule has 0 radical (unpaired) electrons. The molecule has 1 saturated heterocycles. The number of halogens is 2. The van der Waals surface area contributed by atoms with Crippen LogP contribution in [0.3, 0.4) is 0 Å². The molecule has 3 nitrogen and oxygen atoms in total. The molecule has 0 unspecified atom stereocenters. The van der Waals surface area contributed by atoms with E-state index in [1.54, 1.807) is 13.0 Å². The monoisotopic (exact) mass is 356 g/mol. The first-order valence-corrected chi connectivity index (χ1v) is 8.25. The van der Waals surface area contributed by atoms with Crippen molar-refractivity contribution >= 4 is 27.5 Å². The summed E-state index contributed by atoms with van der Waals surface area (Å²) in [7, 11) is 0. The SMILES string of the molecule is CCCC1(C(=O)Nc2cc(Br)c(F)cc2C)CCNCC1. The Bertz CT molecular complexity index is 522. The van der Waals surface area contributed by atoms with Gasteiger partial charge in [-0.15, -0.1) is 0 Å². The van der Waals surface area contributed by atoms with E-state index in [2.05, 4.69) is 33.5 Å². The fourth-order valence-electron chi connectivity index (χ4n) is 3.01. The molecule has 21 heavy (non-hydrogen) atoms. The predicted molar refractivity (Wildman–Crippen MR) is 86.9 cm³/mol. The van der Waals surface area contributed by atoms with E-state index >= 15 is 0 Å². The van der Waals surface area contributed by atoms with Gasteiger partial charge in [-0.2, -0.15) is 0 Å². The van der Waals surface area contributed by atoms with Crippen LogP contribution >= 0.6 is 15.9 Å². The summed E-state index contributed by atoms with van der Waals surface area (Å²) >= 11 is 3.17. The molecule has 1 aromatic carbocycles. The van der Waals surface area contributed by atoms with E-state index in [4.69, 9.17) is 0 Å². The number of anilines is 1. The largest absolute Gasteiger partial charge is 0.325 e. The number of hydrogen-bond acceptors (Lipinski definition) is 2. The van der Waals surface area contributed by atoms with Crippen molar-refractivity contribution in [2.24, 2.45) is 5.41 Å². The summed E-state index contributed by atoms with van der Waals surface area (Å²) in [6.45, 7) is 5.66. The third-order valence-electron chi connectivity index (χ3n) is 4.29. The molecule has 1 aromatic rings. The van der Waals surface area contributed by atoms with Gasteiger partial charge >= 0.3 is 0 Å². The Balaban J connectivity index is 2.21. The number of benzene rings is 1. The number of carbonyl (C=O) groups is 1. The minimum absolute atomic E-state index is 0.0625. The summed E-state index contributed by atoms with van der Waals surface area (Å²) in [6.07, 6.45) is 3.59. The highest BCUT2D eigenvalue weighted by atomic mass is 79.9. The lowest BCUT2D eigenvalue weighted by Crippen LogP contribution is -2.45. The van der Waals surface area contributed by atoms with Crippen LogP contribution in [0.5, 0.6) is 0 Å². The van der Waals surface area contributed by atoms with E-state index in [1.807, 2.05) is 0 Å². The molecule has 1 aliphatic rings. The second-order valence-corrected chi connectivity index (χ2v) is 6.67. The van der Waals surface area contributed by atoms with Crippen LogP contribution in [0.15, 0.2) is 16.6 Å². The zero-order valence-corrected chi connectivity index (χ0v) is 14.1. The Kier molecular flexibility index (Phi) is 5.38. The first-order valence-electron chi connectivity index (χ1n) is 7.46. The second kappa shape index (κ2) is 6.88. The summed E-state index contributed by atoms with van der Waals surface area (Å²) in [5.41, 5.74) is 1.12. The van der Waals surface area contributed by atoms with Gasteiger partial charge in [0.2, 0.25) is 5.91 Å². The fraction of sp³-hybridized carbons (Fsp3) is 0.562. The second-order valence-electron chi connectivity index (χ2n) is 5.82. The summed E-state index contributed by atoms with van der Waals surface area (Å²) < 4.78 is 13.9. The maximum absolute atomic E-state index is 13.5. The number of aryl methyl sites for hydroxylation is 1. The molecule has 1 amide bonds. The van der Waals surface area contributed by atoms with Gasteiger partial charge in [-0.05, 0) is 72.9 Å². The molecule has 1 aliphatic heterocycles. The molecule has 0 bridgehead atoms. The molecule has 1 fully saturated rings. The van der Waals surface area contributed by atoms with E-state index in [-0.39, 0.29) is 17.1 Å². The van der Waals surface area contributed by atoms with Crippen molar-refractivity contribution in [1.29, 1.82) is 0 Å². The van der Waals surface area contributed by atoms with Crippen LogP contribution in [-0.4, -0.2) is 19.0 Å². The molecule has 2 rings (SSSR count). The van der Waals surface area contributed by atoms with Crippen LogP contribution in [-0.2, 0) is 4.79 Å². The van der Waals surface area contributed by atoms with Crippen LogP contribution in [0.2, 0.25) is 0 Å². The first-order chi connectivity index (χ1) is 9.98. The third-order valence-corrected chi connectivity index (χ3v) is 4.89. The Morgan fingerprint density at radius 3 is 2.71 bits per heavy atom. The lowest BCUT2D eigenvalue weighted by Gasteiger charge is -2.36. The van der Waals surface area contributed by atoms with Crippen molar-refractivity contribution in [3.05, 3.63) is 28.0 Å². The van der Waals surface area contributed by atoms with Crippen LogP contribution in [0.1, 0.15) is 38.2 Å². The molecule has 2 N–H and O–H groups in total. The maximum Gasteiger partial charge on any atom is 0.230 e. The molecule has 116 valence electrons. The number of rotatable bonds is 4. The number of hydrogen-bond donors (Lipinski definition) is 2.